The number of piperidine rings is 1. The number of carboxylic acid groups (broad SMARTS) is 1. The average molecular weight is 423 g/mol. The van der Waals surface area contributed by atoms with E-state index in [2.05, 4.69) is 0 Å². The van der Waals surface area contributed by atoms with Crippen molar-refractivity contribution in [3.05, 3.63) is 59.2 Å². The van der Waals surface area contributed by atoms with Crippen LogP contribution in [-0.4, -0.2) is 43.3 Å². The maximum Gasteiger partial charge on any atom is 0.416 e. The Kier molecular flexibility index (Phi) is 6.55. The molecule has 0 amide bonds. The topological polar surface area (TPSA) is 59.0 Å². The summed E-state index contributed by atoms with van der Waals surface area (Å²) in [5.74, 6) is -0.609. The maximum absolute atomic E-state index is 13.4. The molecule has 3 rings (SSSR count). The molecule has 162 valence electrons. The minimum Gasteiger partial charge on any atom is -0.493 e. The Balaban J connectivity index is 2.15. The van der Waals surface area contributed by atoms with Crippen molar-refractivity contribution in [1.29, 1.82) is 0 Å². The Labute approximate surface area is 173 Å². The molecule has 0 radical (unpaired) electrons. The van der Waals surface area contributed by atoms with E-state index in [4.69, 9.17) is 9.47 Å². The number of ether oxygens (including phenoxy) is 2. The van der Waals surface area contributed by atoms with E-state index in [1.807, 2.05) is 4.90 Å². The monoisotopic (exact) mass is 423 g/mol. The van der Waals surface area contributed by atoms with Crippen LogP contribution in [0.25, 0.3) is 0 Å². The van der Waals surface area contributed by atoms with Crippen LogP contribution in [0.2, 0.25) is 0 Å². The number of likely N-dealkylation sites (tertiary alicyclic amines) is 1. The highest BCUT2D eigenvalue weighted by Gasteiger charge is 2.35. The molecule has 1 fully saturated rings. The summed E-state index contributed by atoms with van der Waals surface area (Å²) in [4.78, 5) is 13.5. The molecule has 1 N–H and O–H groups in total. The Hall–Kier alpha value is -2.74. The number of carbonyl (C=O) groups is 1. The molecule has 1 saturated heterocycles. The van der Waals surface area contributed by atoms with E-state index in [9.17, 15) is 23.1 Å². The Morgan fingerprint density at radius 2 is 1.90 bits per heavy atom. The highest BCUT2D eigenvalue weighted by molar-refractivity contribution is 5.70. The van der Waals surface area contributed by atoms with Gasteiger partial charge in [-0.3, -0.25) is 9.69 Å². The van der Waals surface area contributed by atoms with Gasteiger partial charge in [0.05, 0.1) is 31.7 Å². The van der Waals surface area contributed by atoms with Crippen LogP contribution in [0.3, 0.4) is 0 Å². The number of alkyl halides is 3. The first-order chi connectivity index (χ1) is 14.3. The molecule has 5 nitrogen and oxygen atoms in total. The van der Waals surface area contributed by atoms with Crippen molar-refractivity contribution in [2.24, 2.45) is 5.92 Å². The number of para-hydroxylation sites is 1. The fourth-order valence-electron chi connectivity index (χ4n) is 4.04. The number of hydrogen-bond donors (Lipinski definition) is 1. The molecule has 1 aliphatic rings. The normalized spacial score (nSPS) is 18.6. The highest BCUT2D eigenvalue weighted by atomic mass is 19.4. The van der Waals surface area contributed by atoms with Gasteiger partial charge in [0.25, 0.3) is 0 Å². The van der Waals surface area contributed by atoms with Gasteiger partial charge in [0.15, 0.2) is 11.5 Å². The molecule has 2 aromatic rings. The van der Waals surface area contributed by atoms with E-state index in [0.717, 1.165) is 12.1 Å². The number of methoxy groups -OCH3 is 2. The minimum atomic E-state index is -4.48. The predicted octanol–water partition coefficient (Wildman–Crippen LogP) is 4.61. The predicted molar refractivity (Wildman–Crippen MR) is 105 cm³/mol. The average Bonchev–Trinajstić information content (AvgIpc) is 2.73. The summed E-state index contributed by atoms with van der Waals surface area (Å²) >= 11 is 0. The minimum absolute atomic E-state index is 0.233. The number of carboxylic acids is 1. The molecule has 2 aromatic carbocycles. The number of benzene rings is 2. The summed E-state index contributed by atoms with van der Waals surface area (Å²) in [7, 11) is 2.96. The number of halogens is 3. The van der Waals surface area contributed by atoms with Gasteiger partial charge in [-0.25, -0.2) is 0 Å². The van der Waals surface area contributed by atoms with Gasteiger partial charge in [-0.1, -0.05) is 24.3 Å². The second-order valence-electron chi connectivity index (χ2n) is 7.28. The van der Waals surface area contributed by atoms with Crippen LogP contribution < -0.4 is 9.47 Å². The molecular formula is C22H24F3NO4. The Morgan fingerprint density at radius 1 is 1.17 bits per heavy atom. The zero-order valence-corrected chi connectivity index (χ0v) is 16.8. The van der Waals surface area contributed by atoms with Crippen LogP contribution in [0.5, 0.6) is 11.5 Å². The van der Waals surface area contributed by atoms with E-state index in [1.54, 1.807) is 24.3 Å². The number of hydrogen-bond acceptors (Lipinski definition) is 4. The van der Waals surface area contributed by atoms with E-state index in [-0.39, 0.29) is 6.54 Å². The lowest BCUT2D eigenvalue weighted by Crippen LogP contribution is -2.41. The molecule has 30 heavy (non-hydrogen) atoms. The third kappa shape index (κ3) is 4.53. The first-order valence-electron chi connectivity index (χ1n) is 9.61. The largest absolute Gasteiger partial charge is 0.493 e. The lowest BCUT2D eigenvalue weighted by atomic mass is 9.90. The second-order valence-corrected chi connectivity index (χ2v) is 7.28. The second kappa shape index (κ2) is 8.95. The first kappa shape index (κ1) is 22.0. The molecule has 2 atom stereocenters. The third-order valence-electron chi connectivity index (χ3n) is 5.42. The zero-order chi connectivity index (χ0) is 21.9. The number of aliphatic carboxylic acids is 1. The number of rotatable bonds is 6. The van der Waals surface area contributed by atoms with Crippen molar-refractivity contribution >= 4 is 5.97 Å². The lowest BCUT2D eigenvalue weighted by molar-refractivity contribution is -0.143. The Morgan fingerprint density at radius 3 is 2.53 bits per heavy atom. The van der Waals surface area contributed by atoms with Gasteiger partial charge < -0.3 is 14.6 Å². The van der Waals surface area contributed by atoms with Gasteiger partial charge in [-0.15, -0.1) is 0 Å². The molecule has 0 bridgehead atoms. The molecule has 2 unspecified atom stereocenters. The third-order valence-corrected chi connectivity index (χ3v) is 5.42. The quantitative estimate of drug-likeness (QED) is 0.736. The van der Waals surface area contributed by atoms with Gasteiger partial charge >= 0.3 is 12.1 Å². The van der Waals surface area contributed by atoms with Crippen molar-refractivity contribution in [1.82, 2.24) is 4.90 Å². The molecule has 0 spiro atoms. The molecule has 1 heterocycles. The molecular weight excluding hydrogens is 399 g/mol. The fraction of sp³-hybridized carbons (Fsp3) is 0.409. The summed E-state index contributed by atoms with van der Waals surface area (Å²) in [5.41, 5.74) is 0.295. The highest BCUT2D eigenvalue weighted by Crippen LogP contribution is 2.42. The van der Waals surface area contributed by atoms with Crippen molar-refractivity contribution in [2.45, 2.75) is 25.1 Å². The fourth-order valence-corrected chi connectivity index (χ4v) is 4.04. The van der Waals surface area contributed by atoms with Crippen LogP contribution >= 0.6 is 0 Å². The standard InChI is InChI=1S/C22H24F3NO4/c1-29-18-10-4-9-17(20(18)30-2)19(26-11-5-7-15(13-26)21(27)28)14-6-3-8-16(12-14)22(23,24)25/h3-4,6,8-10,12,15,19H,5,7,11,13H2,1-2H3,(H,27,28). The SMILES string of the molecule is COc1cccc(C(c2cccc(C(F)(F)F)c2)N2CCCC(C(=O)O)C2)c1OC. The summed E-state index contributed by atoms with van der Waals surface area (Å²) in [6.45, 7) is 0.793. The summed E-state index contributed by atoms with van der Waals surface area (Å²) < 4.78 is 51.0. The van der Waals surface area contributed by atoms with Crippen LogP contribution in [0.15, 0.2) is 42.5 Å². The van der Waals surface area contributed by atoms with E-state index in [0.29, 0.717) is 42.0 Å². The van der Waals surface area contributed by atoms with Gasteiger partial charge in [0, 0.05) is 12.1 Å². The van der Waals surface area contributed by atoms with Crippen molar-refractivity contribution in [2.75, 3.05) is 27.3 Å². The molecule has 8 heteroatoms. The van der Waals surface area contributed by atoms with Crippen LogP contribution in [-0.2, 0) is 11.0 Å². The number of nitrogens with zero attached hydrogens (tertiary/aromatic N) is 1. The van der Waals surface area contributed by atoms with Gasteiger partial charge in [-0.05, 0) is 43.1 Å². The van der Waals surface area contributed by atoms with E-state index >= 15 is 0 Å². The lowest BCUT2D eigenvalue weighted by Gasteiger charge is -2.38. The van der Waals surface area contributed by atoms with Gasteiger partial charge in [0.2, 0.25) is 0 Å². The van der Waals surface area contributed by atoms with Gasteiger partial charge in [-0.2, -0.15) is 13.2 Å². The van der Waals surface area contributed by atoms with Crippen molar-refractivity contribution in [3.8, 4) is 11.5 Å². The van der Waals surface area contributed by atoms with E-state index in [1.165, 1.54) is 20.3 Å². The smallest absolute Gasteiger partial charge is 0.416 e. The van der Waals surface area contributed by atoms with Gasteiger partial charge in [0.1, 0.15) is 0 Å². The summed E-state index contributed by atoms with van der Waals surface area (Å²) in [6, 6.07) is 9.77. The Bertz CT molecular complexity index is 900. The van der Waals surface area contributed by atoms with Crippen molar-refractivity contribution in [3.63, 3.8) is 0 Å². The zero-order valence-electron chi connectivity index (χ0n) is 16.8. The van der Waals surface area contributed by atoms with E-state index < -0.39 is 29.7 Å². The van der Waals surface area contributed by atoms with Crippen LogP contribution in [0.4, 0.5) is 13.2 Å². The summed E-state index contributed by atoms with van der Waals surface area (Å²) in [6.07, 6.45) is -3.31. The maximum atomic E-state index is 13.4. The molecule has 1 aliphatic heterocycles. The molecule has 0 saturated carbocycles. The van der Waals surface area contributed by atoms with Crippen molar-refractivity contribution < 1.29 is 32.5 Å². The molecule has 0 aromatic heterocycles. The summed E-state index contributed by atoms with van der Waals surface area (Å²) in [5, 5.41) is 9.49. The molecule has 0 aliphatic carbocycles. The first-order valence-corrected chi connectivity index (χ1v) is 9.61. The van der Waals surface area contributed by atoms with Crippen LogP contribution in [0.1, 0.15) is 35.6 Å². The van der Waals surface area contributed by atoms with Crippen LogP contribution in [0, 0.1) is 5.92 Å².